The summed E-state index contributed by atoms with van der Waals surface area (Å²) in [7, 11) is -1.02. The van der Waals surface area contributed by atoms with Crippen molar-refractivity contribution in [3.05, 3.63) is 0 Å². The molecular formula is C12H20O4S2. The molecule has 0 bridgehead atoms. The van der Waals surface area contributed by atoms with E-state index in [9.17, 15) is 9.00 Å². The Labute approximate surface area is 114 Å². The molecular weight excluding hydrogens is 272 g/mol. The lowest BCUT2D eigenvalue weighted by molar-refractivity contribution is -0.136. The number of carboxylic acids is 1. The molecule has 4 nitrogen and oxygen atoms in total. The van der Waals surface area contributed by atoms with Crippen LogP contribution in [0.3, 0.4) is 0 Å². The van der Waals surface area contributed by atoms with Crippen molar-refractivity contribution in [3.8, 4) is 0 Å². The average molecular weight is 292 g/mol. The Balaban J connectivity index is 1.89. The molecule has 0 aromatic carbocycles. The summed E-state index contributed by atoms with van der Waals surface area (Å²) in [6.07, 6.45) is 3.75. The van der Waals surface area contributed by atoms with Crippen LogP contribution in [0, 0.1) is 0 Å². The molecule has 2 rings (SSSR count). The van der Waals surface area contributed by atoms with Crippen molar-refractivity contribution in [1.29, 1.82) is 0 Å². The van der Waals surface area contributed by atoms with Gasteiger partial charge in [0.15, 0.2) is 0 Å². The van der Waals surface area contributed by atoms with Crippen LogP contribution >= 0.6 is 11.8 Å². The zero-order valence-corrected chi connectivity index (χ0v) is 12.1. The maximum absolute atomic E-state index is 12.1. The zero-order chi connectivity index (χ0) is 13.0. The lowest BCUT2D eigenvalue weighted by Gasteiger charge is -2.43. The molecule has 2 atom stereocenters. The topological polar surface area (TPSA) is 63.6 Å². The van der Waals surface area contributed by atoms with Gasteiger partial charge < -0.3 is 9.84 Å². The molecule has 0 amide bonds. The number of aliphatic carboxylic acids is 1. The number of ether oxygens (including phenoxy) is 1. The van der Waals surface area contributed by atoms with Crippen LogP contribution < -0.4 is 0 Å². The zero-order valence-electron chi connectivity index (χ0n) is 10.4. The number of carboxylic acid groups (broad SMARTS) is 1. The van der Waals surface area contributed by atoms with Crippen molar-refractivity contribution >= 4 is 28.5 Å². The molecule has 0 saturated carbocycles. The number of rotatable bonds is 4. The van der Waals surface area contributed by atoms with Crippen molar-refractivity contribution in [2.45, 2.75) is 43.0 Å². The highest BCUT2D eigenvalue weighted by Crippen LogP contribution is 2.38. The third-order valence-corrected chi connectivity index (χ3v) is 6.48. The normalized spacial score (nSPS) is 29.0. The third-order valence-electron chi connectivity index (χ3n) is 3.74. The van der Waals surface area contributed by atoms with Crippen molar-refractivity contribution in [2.24, 2.45) is 0 Å². The summed E-state index contributed by atoms with van der Waals surface area (Å²) in [6.45, 7) is 0.675. The van der Waals surface area contributed by atoms with Gasteiger partial charge in [-0.25, -0.2) is 0 Å². The van der Waals surface area contributed by atoms with Gasteiger partial charge in [-0.2, -0.15) is 11.8 Å². The number of hydrogen-bond acceptors (Lipinski definition) is 4. The monoisotopic (exact) mass is 292 g/mol. The summed E-state index contributed by atoms with van der Waals surface area (Å²) in [4.78, 5) is 10.5. The standard InChI is InChI=1S/C12H20O4S2/c13-11(14)2-8-18(15)10-1-5-16-12(9-10)3-6-17-7-4-12/h10H,1-9H2,(H,13,14). The number of thioether (sulfide) groups is 1. The summed E-state index contributed by atoms with van der Waals surface area (Å²) < 4.78 is 18.1. The molecule has 1 N–H and O–H groups in total. The molecule has 6 heteroatoms. The van der Waals surface area contributed by atoms with Crippen LogP contribution in [0.15, 0.2) is 0 Å². The van der Waals surface area contributed by atoms with Crippen molar-refractivity contribution in [3.63, 3.8) is 0 Å². The minimum Gasteiger partial charge on any atom is -0.481 e. The van der Waals surface area contributed by atoms with Gasteiger partial charge in [-0.3, -0.25) is 9.00 Å². The minimum atomic E-state index is -1.02. The first-order chi connectivity index (χ1) is 8.61. The Morgan fingerprint density at radius 1 is 1.44 bits per heavy atom. The molecule has 0 aromatic heterocycles. The molecule has 2 aliphatic rings. The predicted molar refractivity (Wildman–Crippen MR) is 73.5 cm³/mol. The van der Waals surface area contributed by atoms with E-state index >= 15 is 0 Å². The van der Waals surface area contributed by atoms with Crippen LogP contribution in [0.5, 0.6) is 0 Å². The van der Waals surface area contributed by atoms with Crippen LogP contribution in [0.4, 0.5) is 0 Å². The van der Waals surface area contributed by atoms with Crippen LogP contribution in [-0.2, 0) is 20.3 Å². The smallest absolute Gasteiger partial charge is 0.304 e. The number of carbonyl (C=O) groups is 1. The molecule has 18 heavy (non-hydrogen) atoms. The second kappa shape index (κ2) is 6.39. The van der Waals surface area contributed by atoms with Crippen molar-refractivity contribution in [1.82, 2.24) is 0 Å². The quantitative estimate of drug-likeness (QED) is 0.853. The SMILES string of the molecule is O=C(O)CCS(=O)C1CCOC2(CCSCC2)C1. The molecule has 2 unspecified atom stereocenters. The highest BCUT2D eigenvalue weighted by Gasteiger charge is 2.40. The van der Waals surface area contributed by atoms with Gasteiger partial charge in [0, 0.05) is 28.4 Å². The van der Waals surface area contributed by atoms with Crippen LogP contribution in [0.1, 0.15) is 32.1 Å². The van der Waals surface area contributed by atoms with E-state index in [4.69, 9.17) is 9.84 Å². The van der Waals surface area contributed by atoms with Crippen LogP contribution in [0.25, 0.3) is 0 Å². The van der Waals surface area contributed by atoms with Crippen molar-refractivity contribution in [2.75, 3.05) is 23.9 Å². The Kier molecular flexibility index (Phi) is 5.09. The summed E-state index contributed by atoms with van der Waals surface area (Å²) in [6, 6.07) is 0. The molecule has 1 spiro atoms. The molecule has 2 heterocycles. The highest BCUT2D eigenvalue weighted by molar-refractivity contribution is 7.99. The van der Waals surface area contributed by atoms with E-state index in [1.54, 1.807) is 0 Å². The van der Waals surface area contributed by atoms with E-state index in [1.807, 2.05) is 11.8 Å². The van der Waals surface area contributed by atoms with Gasteiger partial charge >= 0.3 is 5.97 Å². The average Bonchev–Trinajstić information content (AvgIpc) is 2.37. The van der Waals surface area contributed by atoms with E-state index in [0.29, 0.717) is 6.61 Å². The molecule has 0 radical (unpaired) electrons. The molecule has 0 aliphatic carbocycles. The van der Waals surface area contributed by atoms with E-state index in [-0.39, 0.29) is 23.0 Å². The predicted octanol–water partition coefficient (Wildman–Crippen LogP) is 1.65. The van der Waals surface area contributed by atoms with Crippen LogP contribution in [0.2, 0.25) is 0 Å². The summed E-state index contributed by atoms with van der Waals surface area (Å²) in [5.74, 6) is 1.66. The Hall–Kier alpha value is -0.0700. The maximum Gasteiger partial charge on any atom is 0.304 e. The van der Waals surface area contributed by atoms with Gasteiger partial charge in [0.05, 0.1) is 12.0 Å². The Morgan fingerprint density at radius 2 is 2.17 bits per heavy atom. The van der Waals surface area contributed by atoms with Gasteiger partial charge in [0.2, 0.25) is 0 Å². The van der Waals surface area contributed by atoms with E-state index in [0.717, 1.165) is 37.2 Å². The first-order valence-electron chi connectivity index (χ1n) is 6.42. The second-order valence-corrected chi connectivity index (χ2v) is 8.05. The summed E-state index contributed by atoms with van der Waals surface area (Å²) >= 11 is 1.95. The molecule has 2 aliphatic heterocycles. The highest BCUT2D eigenvalue weighted by atomic mass is 32.2. The fourth-order valence-electron chi connectivity index (χ4n) is 2.65. The van der Waals surface area contributed by atoms with Gasteiger partial charge in [0.25, 0.3) is 0 Å². The molecule has 2 saturated heterocycles. The Morgan fingerprint density at radius 3 is 2.83 bits per heavy atom. The van der Waals surface area contributed by atoms with E-state index < -0.39 is 16.8 Å². The number of hydrogen-bond donors (Lipinski definition) is 1. The minimum absolute atomic E-state index is 0.00677. The lowest BCUT2D eigenvalue weighted by atomic mass is 9.88. The maximum atomic E-state index is 12.1. The lowest BCUT2D eigenvalue weighted by Crippen LogP contribution is -2.46. The Bertz CT molecular complexity index is 321. The second-order valence-electron chi connectivity index (χ2n) is 4.99. The van der Waals surface area contributed by atoms with Crippen molar-refractivity contribution < 1.29 is 18.8 Å². The summed E-state index contributed by atoms with van der Waals surface area (Å²) in [5.41, 5.74) is -0.0625. The molecule has 2 fully saturated rings. The molecule has 104 valence electrons. The van der Waals surface area contributed by atoms with Gasteiger partial charge in [0.1, 0.15) is 0 Å². The first-order valence-corrected chi connectivity index (χ1v) is 8.96. The van der Waals surface area contributed by atoms with E-state index in [1.165, 1.54) is 0 Å². The van der Waals surface area contributed by atoms with Crippen LogP contribution in [-0.4, -0.2) is 50.0 Å². The fourth-order valence-corrected chi connectivity index (χ4v) is 5.45. The van der Waals surface area contributed by atoms with Gasteiger partial charge in [-0.15, -0.1) is 0 Å². The molecule has 0 aromatic rings. The third kappa shape index (κ3) is 3.71. The van der Waals surface area contributed by atoms with Gasteiger partial charge in [-0.1, -0.05) is 0 Å². The van der Waals surface area contributed by atoms with Gasteiger partial charge in [-0.05, 0) is 37.2 Å². The summed E-state index contributed by atoms with van der Waals surface area (Å²) in [5, 5.41) is 8.77. The first kappa shape index (κ1) is 14.3. The van der Waals surface area contributed by atoms with E-state index in [2.05, 4.69) is 0 Å². The fraction of sp³-hybridized carbons (Fsp3) is 0.917. The largest absolute Gasteiger partial charge is 0.481 e.